The molecule has 0 aromatic carbocycles. The number of allylic oxidation sites excluding steroid dienone is 1. The highest BCUT2D eigenvalue weighted by Crippen LogP contribution is 2.33. The number of carbonyl (C=O) groups is 2. The Kier molecular flexibility index (Phi) is 19.7. The van der Waals surface area contributed by atoms with Gasteiger partial charge in [-0.25, -0.2) is 4.79 Å². The fraction of sp³-hybridized carbons (Fsp3) is 0.857. The number of aliphatic carboxylic acids is 1. The predicted octanol–water partition coefficient (Wildman–Crippen LogP) is 4.72. The molecule has 0 bridgehead atoms. The molecule has 0 unspecified atom stereocenters. The zero-order chi connectivity index (χ0) is 27.3. The summed E-state index contributed by atoms with van der Waals surface area (Å²) < 4.78 is 0. The third-order valence-electron chi connectivity index (χ3n) is 7.02. The van der Waals surface area contributed by atoms with Gasteiger partial charge in [-0.15, -0.1) is 0 Å². The van der Waals surface area contributed by atoms with Gasteiger partial charge in [0.1, 0.15) is 0 Å². The van der Waals surface area contributed by atoms with Gasteiger partial charge in [0.15, 0.2) is 0 Å². The lowest BCUT2D eigenvalue weighted by atomic mass is 10.0. The first-order chi connectivity index (χ1) is 17.9. The maximum Gasteiger partial charge on any atom is 0.315 e. The van der Waals surface area contributed by atoms with Gasteiger partial charge in [-0.3, -0.25) is 4.79 Å². The van der Waals surface area contributed by atoms with Crippen LogP contribution in [-0.2, 0) is 4.79 Å². The largest absolute Gasteiger partial charge is 0.481 e. The van der Waals surface area contributed by atoms with Crippen LogP contribution in [0.15, 0.2) is 12.2 Å². The number of nitrogens with two attached hydrogens (primary N) is 1. The van der Waals surface area contributed by atoms with Crippen LogP contribution < -0.4 is 16.4 Å². The first kappa shape index (κ1) is 33.7. The Bertz CT molecular complexity index is 637. The van der Waals surface area contributed by atoms with E-state index >= 15 is 0 Å². The molecule has 2 fully saturated rings. The summed E-state index contributed by atoms with van der Waals surface area (Å²) in [4.78, 5) is 21.5. The maximum atomic E-state index is 11.1. The van der Waals surface area contributed by atoms with E-state index < -0.39 is 18.1 Å². The quantitative estimate of drug-likeness (QED) is 0.0740. The van der Waals surface area contributed by atoms with Crippen molar-refractivity contribution in [1.29, 1.82) is 0 Å². The van der Waals surface area contributed by atoms with Gasteiger partial charge < -0.3 is 31.7 Å². The average molecular weight is 544 g/mol. The van der Waals surface area contributed by atoms with Crippen molar-refractivity contribution in [2.45, 2.75) is 139 Å². The van der Waals surface area contributed by atoms with Crippen molar-refractivity contribution >= 4 is 23.8 Å². The maximum absolute atomic E-state index is 11.1. The molecule has 8 nitrogen and oxygen atoms in total. The second-order valence-electron chi connectivity index (χ2n) is 10.4. The summed E-state index contributed by atoms with van der Waals surface area (Å²) in [5.41, 5.74) is 5.51. The molecule has 0 spiro atoms. The molecule has 0 radical (unpaired) electrons. The molecule has 0 aromatic heterocycles. The van der Waals surface area contributed by atoms with Gasteiger partial charge in [0, 0.05) is 17.4 Å². The Morgan fingerprint density at radius 3 is 2.24 bits per heavy atom. The van der Waals surface area contributed by atoms with E-state index in [0.717, 1.165) is 31.4 Å². The number of amides is 2. The molecule has 2 aliphatic rings. The smallest absolute Gasteiger partial charge is 0.315 e. The number of nitrogens with one attached hydrogen (secondary N) is 2. The zero-order valence-corrected chi connectivity index (χ0v) is 23.7. The van der Waals surface area contributed by atoms with Crippen LogP contribution in [0.1, 0.15) is 110 Å². The van der Waals surface area contributed by atoms with Crippen molar-refractivity contribution < 1.29 is 24.9 Å². The van der Waals surface area contributed by atoms with Crippen molar-refractivity contribution in [1.82, 2.24) is 10.6 Å². The molecule has 37 heavy (non-hydrogen) atoms. The Hall–Kier alpha value is -1.29. The Labute approximate surface area is 228 Å². The van der Waals surface area contributed by atoms with Gasteiger partial charge in [0.25, 0.3) is 0 Å². The van der Waals surface area contributed by atoms with E-state index in [9.17, 15) is 14.7 Å². The number of rotatable bonds is 20. The number of carboxylic acid groups (broad SMARTS) is 1. The van der Waals surface area contributed by atoms with E-state index in [2.05, 4.69) is 17.6 Å². The minimum Gasteiger partial charge on any atom is -0.481 e. The highest BCUT2D eigenvalue weighted by atomic mass is 32.2. The highest BCUT2D eigenvalue weighted by molar-refractivity contribution is 8.00. The van der Waals surface area contributed by atoms with E-state index in [1.165, 1.54) is 70.6 Å². The highest BCUT2D eigenvalue weighted by Gasteiger charge is 2.42. The van der Waals surface area contributed by atoms with Crippen molar-refractivity contribution in [3.8, 4) is 0 Å². The molecule has 7 N–H and O–H groups in total. The number of aliphatic hydroxyl groups is 2. The third kappa shape index (κ3) is 16.3. The molecule has 5 atom stereocenters. The average Bonchev–Trinajstić information content (AvgIpc) is 3.43. The minimum atomic E-state index is -0.729. The van der Waals surface area contributed by atoms with Gasteiger partial charge >= 0.3 is 12.0 Å². The van der Waals surface area contributed by atoms with Gasteiger partial charge in [-0.1, -0.05) is 89.7 Å². The van der Waals surface area contributed by atoms with Gasteiger partial charge in [0.2, 0.25) is 0 Å². The molecule has 2 saturated heterocycles. The summed E-state index contributed by atoms with van der Waals surface area (Å²) in [5.74, 6) is 0.236. The number of hydrogen-bond acceptors (Lipinski definition) is 6. The molecule has 9 heteroatoms. The summed E-state index contributed by atoms with van der Waals surface area (Å²) in [6, 6.07) is -0.117. The van der Waals surface area contributed by atoms with Gasteiger partial charge in [-0.2, -0.15) is 11.8 Å². The van der Waals surface area contributed by atoms with Crippen LogP contribution in [-0.4, -0.2) is 69.2 Å². The molecular formula is C28H53N3O5S. The van der Waals surface area contributed by atoms with Crippen LogP contribution in [0.2, 0.25) is 0 Å². The fourth-order valence-electron chi connectivity index (χ4n) is 4.68. The van der Waals surface area contributed by atoms with Gasteiger partial charge in [-0.05, 0) is 25.7 Å². The lowest BCUT2D eigenvalue weighted by Gasteiger charge is -2.16. The first-order valence-corrected chi connectivity index (χ1v) is 15.6. The Morgan fingerprint density at radius 2 is 1.65 bits per heavy atom. The fourth-order valence-corrected chi connectivity index (χ4v) is 6.22. The number of carbonyl (C=O) groups excluding carboxylic acids is 1. The van der Waals surface area contributed by atoms with E-state index in [4.69, 9.17) is 15.9 Å². The lowest BCUT2D eigenvalue weighted by Crippen LogP contribution is -2.36. The van der Waals surface area contributed by atoms with Gasteiger partial charge in [0.05, 0.1) is 30.8 Å². The molecule has 2 amide bonds. The molecular weight excluding hydrogens is 490 g/mol. The minimum absolute atomic E-state index is 0.0640. The molecule has 2 rings (SSSR count). The number of unbranched alkanes of at least 4 members (excludes halogenated alkanes) is 12. The monoisotopic (exact) mass is 543 g/mol. The number of carboxylic acids is 1. The normalized spacial score (nSPS) is 22.2. The summed E-state index contributed by atoms with van der Waals surface area (Å²) in [6.45, 7) is 2.08. The lowest BCUT2D eigenvalue weighted by molar-refractivity contribution is -0.137. The Morgan fingerprint density at radius 1 is 1.03 bits per heavy atom. The molecule has 0 aliphatic carbocycles. The molecule has 0 aromatic rings. The number of fused-ring (bicyclic) bond motifs is 1. The summed E-state index contributed by atoms with van der Waals surface area (Å²) in [6.07, 6.45) is 21.7. The SMILES string of the molecule is CCCCCCCCCCCCC/C=C/[C@@H](O)[C@@H](N)CO.O=C(O)CCCC[C@@H]1SC[C@@H]2NC(=O)N[C@@H]21. The van der Waals surface area contributed by atoms with Crippen molar-refractivity contribution in [3.63, 3.8) is 0 Å². The molecule has 2 heterocycles. The second-order valence-corrected chi connectivity index (χ2v) is 11.6. The van der Waals surface area contributed by atoms with E-state index in [1.54, 1.807) is 6.08 Å². The second kappa shape index (κ2) is 21.6. The number of thioether (sulfide) groups is 1. The summed E-state index contributed by atoms with van der Waals surface area (Å²) >= 11 is 1.87. The molecule has 0 saturated carbocycles. The van der Waals surface area contributed by atoms with Crippen molar-refractivity contribution in [2.24, 2.45) is 5.73 Å². The third-order valence-corrected chi connectivity index (χ3v) is 8.53. The molecule has 2 aliphatic heterocycles. The number of urea groups is 1. The van der Waals surface area contributed by atoms with Crippen LogP contribution in [0.25, 0.3) is 0 Å². The van der Waals surface area contributed by atoms with E-state index in [0.29, 0.717) is 5.25 Å². The van der Waals surface area contributed by atoms with Crippen molar-refractivity contribution in [2.75, 3.05) is 12.4 Å². The molecule has 216 valence electrons. The predicted molar refractivity (Wildman–Crippen MR) is 153 cm³/mol. The summed E-state index contributed by atoms with van der Waals surface area (Å²) in [7, 11) is 0. The first-order valence-electron chi connectivity index (χ1n) is 14.5. The standard InChI is InChI=1S/C18H37NO2.C10H16N2O3S/c1-2-3-4-5-6-7-8-9-10-11-12-13-14-15-18(21)17(19)16-20;13-8(14)4-2-1-3-7-9-6(5-16-7)11-10(15)12-9/h14-15,17-18,20-21H,2-13,16,19H2,1H3;6-7,9H,1-5H2,(H,13,14)(H2,11,12,15)/b15-14+;/t17-,18+;6-,7-,9-/m00/s1. The van der Waals surface area contributed by atoms with E-state index in [-0.39, 0.29) is 31.1 Å². The number of hydrogen-bond donors (Lipinski definition) is 6. The van der Waals surface area contributed by atoms with E-state index in [1.807, 2.05) is 17.8 Å². The zero-order valence-electron chi connectivity index (χ0n) is 22.9. The van der Waals surface area contributed by atoms with Crippen LogP contribution >= 0.6 is 11.8 Å². The van der Waals surface area contributed by atoms with Crippen LogP contribution in [0.3, 0.4) is 0 Å². The van der Waals surface area contributed by atoms with Crippen LogP contribution in [0.4, 0.5) is 4.79 Å². The topological polar surface area (TPSA) is 145 Å². The number of aliphatic hydroxyl groups excluding tert-OH is 2. The Balaban J connectivity index is 0.000000381. The summed E-state index contributed by atoms with van der Waals surface area (Å²) in [5, 5.41) is 33.1. The van der Waals surface area contributed by atoms with Crippen LogP contribution in [0, 0.1) is 0 Å². The van der Waals surface area contributed by atoms with Crippen molar-refractivity contribution in [3.05, 3.63) is 12.2 Å². The van der Waals surface area contributed by atoms with Crippen LogP contribution in [0.5, 0.6) is 0 Å².